The van der Waals surface area contributed by atoms with E-state index in [9.17, 15) is 0 Å². The summed E-state index contributed by atoms with van der Waals surface area (Å²) in [5.74, 6) is 5.74. The highest BCUT2D eigenvalue weighted by Gasteiger charge is 2.08. The lowest BCUT2D eigenvalue weighted by Crippen LogP contribution is -2.34. The second-order valence-electron chi connectivity index (χ2n) is 2.29. The summed E-state index contributed by atoms with van der Waals surface area (Å²) in [5.41, 5.74) is 0.725. The Morgan fingerprint density at radius 3 is 2.69 bits per heavy atom. The SMILES string of the molecule is CSC(=S)N(N)c1ccccc1Cl. The lowest BCUT2D eigenvalue weighted by Gasteiger charge is -2.18. The van der Waals surface area contributed by atoms with Crippen LogP contribution < -0.4 is 10.9 Å². The average molecular weight is 233 g/mol. The van der Waals surface area contributed by atoms with Crippen molar-refractivity contribution >= 4 is 45.6 Å². The number of nitrogens with zero attached hydrogens (tertiary/aromatic N) is 1. The predicted octanol–water partition coefficient (Wildman–Crippen LogP) is 2.67. The minimum atomic E-state index is 0.591. The molecule has 2 nitrogen and oxygen atoms in total. The molecule has 1 aromatic carbocycles. The van der Waals surface area contributed by atoms with E-state index < -0.39 is 0 Å². The molecule has 0 saturated heterocycles. The van der Waals surface area contributed by atoms with E-state index >= 15 is 0 Å². The van der Waals surface area contributed by atoms with Gasteiger partial charge in [-0.15, -0.1) is 0 Å². The van der Waals surface area contributed by atoms with Gasteiger partial charge in [0.1, 0.15) is 0 Å². The third-order valence-corrected chi connectivity index (χ3v) is 3.05. The van der Waals surface area contributed by atoms with Crippen LogP contribution in [0.2, 0.25) is 5.02 Å². The smallest absolute Gasteiger partial charge is 0.154 e. The van der Waals surface area contributed by atoms with Gasteiger partial charge < -0.3 is 0 Å². The number of nitrogens with two attached hydrogens (primary N) is 1. The summed E-state index contributed by atoms with van der Waals surface area (Å²) in [6.45, 7) is 0. The van der Waals surface area contributed by atoms with Gasteiger partial charge in [0.2, 0.25) is 0 Å². The number of para-hydroxylation sites is 1. The summed E-state index contributed by atoms with van der Waals surface area (Å²) >= 11 is 12.4. The molecule has 0 aliphatic rings. The van der Waals surface area contributed by atoms with Crippen molar-refractivity contribution in [1.29, 1.82) is 0 Å². The van der Waals surface area contributed by atoms with E-state index in [1.165, 1.54) is 16.8 Å². The molecule has 0 radical (unpaired) electrons. The standard InChI is InChI=1S/C8H9ClN2S2/c1-13-8(12)11(10)7-5-3-2-4-6(7)9/h2-5H,10H2,1H3. The zero-order valence-corrected chi connectivity index (χ0v) is 9.42. The van der Waals surface area contributed by atoms with Crippen LogP contribution in [0.5, 0.6) is 0 Å². The Labute approximate surface area is 92.0 Å². The number of halogens is 1. The largest absolute Gasteiger partial charge is 0.262 e. The van der Waals surface area contributed by atoms with Crippen molar-refractivity contribution in [2.24, 2.45) is 5.84 Å². The Balaban J connectivity index is 2.95. The maximum atomic E-state index is 5.93. The van der Waals surface area contributed by atoms with E-state index in [4.69, 9.17) is 29.7 Å². The van der Waals surface area contributed by atoms with Gasteiger partial charge in [-0.25, -0.2) is 5.84 Å². The third kappa shape index (κ3) is 2.57. The molecule has 0 saturated carbocycles. The van der Waals surface area contributed by atoms with E-state index in [2.05, 4.69) is 0 Å². The lowest BCUT2D eigenvalue weighted by molar-refractivity contribution is 1.16. The predicted molar refractivity (Wildman–Crippen MR) is 64.2 cm³/mol. The van der Waals surface area contributed by atoms with Gasteiger partial charge in [0.25, 0.3) is 0 Å². The van der Waals surface area contributed by atoms with Crippen LogP contribution in [-0.2, 0) is 0 Å². The summed E-state index contributed by atoms with van der Waals surface area (Å²) in [6, 6.07) is 7.32. The molecule has 0 aliphatic heterocycles. The van der Waals surface area contributed by atoms with Gasteiger partial charge in [-0.1, -0.05) is 47.7 Å². The van der Waals surface area contributed by atoms with Gasteiger partial charge in [-0.3, -0.25) is 5.01 Å². The molecule has 70 valence electrons. The highest BCUT2D eigenvalue weighted by Crippen LogP contribution is 2.24. The fourth-order valence-electron chi connectivity index (χ4n) is 0.844. The summed E-state index contributed by atoms with van der Waals surface area (Å²) in [4.78, 5) is 0. The minimum absolute atomic E-state index is 0.591. The first-order chi connectivity index (χ1) is 6.16. The minimum Gasteiger partial charge on any atom is -0.262 e. The third-order valence-electron chi connectivity index (χ3n) is 1.48. The first-order valence-electron chi connectivity index (χ1n) is 3.54. The second kappa shape index (κ2) is 4.81. The maximum Gasteiger partial charge on any atom is 0.154 e. The monoisotopic (exact) mass is 232 g/mol. The molecule has 1 aromatic rings. The summed E-state index contributed by atoms with van der Waals surface area (Å²) < 4.78 is 0.591. The molecule has 0 heterocycles. The number of hydrogen-bond donors (Lipinski definition) is 1. The summed E-state index contributed by atoms with van der Waals surface area (Å²) in [7, 11) is 0. The fourth-order valence-corrected chi connectivity index (χ4v) is 1.46. The van der Waals surface area contributed by atoms with E-state index in [1.807, 2.05) is 24.5 Å². The van der Waals surface area contributed by atoms with Gasteiger partial charge in [-0.2, -0.15) is 0 Å². The summed E-state index contributed by atoms with van der Waals surface area (Å²) in [5, 5.41) is 2.00. The Morgan fingerprint density at radius 2 is 2.15 bits per heavy atom. The van der Waals surface area contributed by atoms with Crippen LogP contribution >= 0.6 is 35.6 Å². The molecule has 0 aliphatic carbocycles. The van der Waals surface area contributed by atoms with Gasteiger partial charge in [0.15, 0.2) is 4.32 Å². The number of rotatable bonds is 1. The van der Waals surface area contributed by atoms with Crippen LogP contribution in [-0.4, -0.2) is 10.6 Å². The number of benzene rings is 1. The Bertz CT molecular complexity index is 317. The second-order valence-corrected chi connectivity index (χ2v) is 4.14. The van der Waals surface area contributed by atoms with E-state index in [0.717, 1.165) is 5.69 Å². The van der Waals surface area contributed by atoms with Crippen molar-refractivity contribution in [1.82, 2.24) is 0 Å². The van der Waals surface area contributed by atoms with Crippen LogP contribution in [0, 0.1) is 0 Å². The quantitative estimate of drug-likeness (QED) is 0.458. The average Bonchev–Trinajstić information content (AvgIpc) is 2.16. The molecule has 0 fully saturated rings. The van der Waals surface area contributed by atoms with Crippen LogP contribution in [0.4, 0.5) is 5.69 Å². The fraction of sp³-hybridized carbons (Fsp3) is 0.125. The van der Waals surface area contributed by atoms with Crippen molar-refractivity contribution in [2.45, 2.75) is 0 Å². The topological polar surface area (TPSA) is 29.3 Å². The molecular formula is C8H9ClN2S2. The number of hydrazine groups is 1. The lowest BCUT2D eigenvalue weighted by atomic mass is 10.3. The first-order valence-corrected chi connectivity index (χ1v) is 5.55. The maximum absolute atomic E-state index is 5.93. The number of thiocarbonyl (C=S) groups is 1. The van der Waals surface area contributed by atoms with Gasteiger partial charge in [0.05, 0.1) is 10.7 Å². The molecule has 0 bridgehead atoms. The van der Waals surface area contributed by atoms with Crippen molar-refractivity contribution in [3.8, 4) is 0 Å². The zero-order chi connectivity index (χ0) is 9.84. The molecule has 0 spiro atoms. The zero-order valence-electron chi connectivity index (χ0n) is 7.03. The number of anilines is 1. The van der Waals surface area contributed by atoms with Crippen molar-refractivity contribution < 1.29 is 0 Å². The molecular weight excluding hydrogens is 224 g/mol. The molecule has 0 unspecified atom stereocenters. The van der Waals surface area contributed by atoms with E-state index in [0.29, 0.717) is 9.34 Å². The molecule has 0 amide bonds. The Kier molecular flexibility index (Phi) is 3.99. The molecule has 5 heteroatoms. The molecule has 13 heavy (non-hydrogen) atoms. The van der Waals surface area contributed by atoms with Crippen LogP contribution in [0.3, 0.4) is 0 Å². The van der Waals surface area contributed by atoms with Crippen molar-refractivity contribution in [3.63, 3.8) is 0 Å². The molecule has 1 rings (SSSR count). The van der Waals surface area contributed by atoms with Gasteiger partial charge >= 0.3 is 0 Å². The van der Waals surface area contributed by atoms with Crippen molar-refractivity contribution in [2.75, 3.05) is 11.3 Å². The number of hydrogen-bond acceptors (Lipinski definition) is 3. The highest BCUT2D eigenvalue weighted by atomic mass is 35.5. The van der Waals surface area contributed by atoms with E-state index in [-0.39, 0.29) is 0 Å². The number of thioether (sulfide) groups is 1. The first kappa shape index (κ1) is 10.8. The summed E-state index contributed by atoms with van der Waals surface area (Å²) in [6.07, 6.45) is 1.87. The Hall–Kier alpha value is -0.290. The molecule has 2 N–H and O–H groups in total. The van der Waals surface area contributed by atoms with Crippen LogP contribution in [0.1, 0.15) is 0 Å². The molecule has 0 aromatic heterocycles. The Morgan fingerprint density at radius 1 is 1.54 bits per heavy atom. The molecule has 0 atom stereocenters. The van der Waals surface area contributed by atoms with Gasteiger partial charge in [0, 0.05) is 0 Å². The van der Waals surface area contributed by atoms with Crippen LogP contribution in [0.15, 0.2) is 24.3 Å². The van der Waals surface area contributed by atoms with E-state index in [1.54, 1.807) is 6.07 Å². The van der Waals surface area contributed by atoms with Gasteiger partial charge in [-0.05, 0) is 18.4 Å². The normalized spacial score (nSPS) is 9.77. The highest BCUT2D eigenvalue weighted by molar-refractivity contribution is 8.22. The van der Waals surface area contributed by atoms with Crippen molar-refractivity contribution in [3.05, 3.63) is 29.3 Å². The van der Waals surface area contributed by atoms with Crippen LogP contribution in [0.25, 0.3) is 0 Å².